The molecule has 0 aromatic carbocycles. The van der Waals surface area contributed by atoms with E-state index in [0.29, 0.717) is 12.8 Å². The average molecular weight is 297 g/mol. The summed E-state index contributed by atoms with van der Waals surface area (Å²) in [6.45, 7) is 2.08. The lowest BCUT2D eigenvalue weighted by molar-refractivity contribution is -0.146. The first-order valence-corrected chi connectivity index (χ1v) is 7.64. The van der Waals surface area contributed by atoms with Crippen LogP contribution in [0.25, 0.3) is 0 Å². The fourth-order valence-corrected chi connectivity index (χ4v) is 3.47. The molecule has 2 rings (SSSR count). The molecule has 1 aromatic rings. The normalized spacial score (nSPS) is 27.2. The van der Waals surface area contributed by atoms with E-state index in [1.165, 1.54) is 11.3 Å². The van der Waals surface area contributed by atoms with Crippen LogP contribution in [0.2, 0.25) is 0 Å². The van der Waals surface area contributed by atoms with E-state index in [0.717, 1.165) is 5.56 Å². The highest BCUT2D eigenvalue weighted by molar-refractivity contribution is 7.07. The van der Waals surface area contributed by atoms with E-state index in [-0.39, 0.29) is 18.4 Å². The zero-order chi connectivity index (χ0) is 14.7. The van der Waals surface area contributed by atoms with E-state index >= 15 is 0 Å². The predicted octanol–water partition coefficient (Wildman–Crippen LogP) is 1.64. The van der Waals surface area contributed by atoms with Crippen molar-refractivity contribution in [2.45, 2.75) is 25.9 Å². The summed E-state index contributed by atoms with van der Waals surface area (Å²) in [6.07, 6.45) is 0.394. The minimum atomic E-state index is -0.909. The van der Waals surface area contributed by atoms with Crippen LogP contribution < -0.4 is 5.32 Å². The number of thiophene rings is 1. The maximum Gasteiger partial charge on any atom is 0.307 e. The van der Waals surface area contributed by atoms with Crippen LogP contribution >= 0.6 is 11.3 Å². The summed E-state index contributed by atoms with van der Waals surface area (Å²) in [5.41, 5.74) is 0.768. The highest BCUT2D eigenvalue weighted by Gasteiger charge is 2.41. The van der Waals surface area contributed by atoms with Gasteiger partial charge >= 0.3 is 5.97 Å². The maximum atomic E-state index is 12.1. The van der Waals surface area contributed by atoms with Crippen molar-refractivity contribution in [3.63, 3.8) is 0 Å². The molecule has 0 radical (unpaired) electrons. The average Bonchev–Trinajstić information content (AvgIpc) is 3.04. The van der Waals surface area contributed by atoms with Gasteiger partial charge in [-0.1, -0.05) is 6.92 Å². The van der Waals surface area contributed by atoms with Gasteiger partial charge in [-0.05, 0) is 41.1 Å². The van der Waals surface area contributed by atoms with Crippen molar-refractivity contribution >= 4 is 23.2 Å². The number of rotatable bonds is 5. The molecule has 1 fully saturated rings. The quantitative estimate of drug-likeness (QED) is 0.771. The van der Waals surface area contributed by atoms with E-state index in [4.69, 9.17) is 5.11 Å². The molecule has 1 heterocycles. The minimum absolute atomic E-state index is 0.118. The Kier molecular flexibility index (Phi) is 4.77. The van der Waals surface area contributed by atoms with E-state index in [1.807, 2.05) is 17.7 Å². The zero-order valence-corrected chi connectivity index (χ0v) is 12.1. The highest BCUT2D eigenvalue weighted by atomic mass is 32.1. The van der Waals surface area contributed by atoms with Crippen LogP contribution in [-0.4, -0.2) is 28.6 Å². The first-order valence-electron chi connectivity index (χ1n) is 6.69. The summed E-state index contributed by atoms with van der Waals surface area (Å²) < 4.78 is 0. The van der Waals surface area contributed by atoms with Gasteiger partial charge in [-0.15, -0.1) is 0 Å². The molecule has 1 amide bonds. The molecule has 0 saturated heterocycles. The number of amides is 1. The van der Waals surface area contributed by atoms with Crippen LogP contribution in [0, 0.1) is 17.8 Å². The molecule has 0 spiro atoms. The molecule has 5 nitrogen and oxygen atoms in total. The number of nitrogens with one attached hydrogen (secondary N) is 1. The van der Waals surface area contributed by atoms with Crippen LogP contribution in [0.1, 0.15) is 31.4 Å². The molecule has 3 N–H and O–H groups in total. The second-order valence-corrected chi connectivity index (χ2v) is 6.23. The standard InChI is InChI=1S/C14H19NO4S/c1-8-4-10(11(5-8)14(18)19)13(17)15-6-12(16)9-2-3-20-7-9/h2-3,7-8,10-12,16H,4-6H2,1H3,(H,15,17)(H,18,19). The first-order chi connectivity index (χ1) is 9.49. The topological polar surface area (TPSA) is 86.6 Å². The maximum absolute atomic E-state index is 12.1. The number of carbonyl (C=O) groups excluding carboxylic acids is 1. The number of aliphatic hydroxyl groups is 1. The van der Waals surface area contributed by atoms with Crippen molar-refractivity contribution < 1.29 is 19.8 Å². The van der Waals surface area contributed by atoms with Crippen LogP contribution in [-0.2, 0) is 9.59 Å². The number of carboxylic acids is 1. The van der Waals surface area contributed by atoms with Gasteiger partial charge in [0.05, 0.1) is 17.9 Å². The molecule has 0 aliphatic heterocycles. The monoisotopic (exact) mass is 297 g/mol. The summed E-state index contributed by atoms with van der Waals surface area (Å²) in [4.78, 5) is 23.3. The second kappa shape index (κ2) is 6.37. The Balaban J connectivity index is 1.89. The van der Waals surface area contributed by atoms with E-state index in [2.05, 4.69) is 5.32 Å². The Hall–Kier alpha value is -1.40. The molecule has 4 unspecified atom stereocenters. The summed E-state index contributed by atoms with van der Waals surface area (Å²) in [6, 6.07) is 1.80. The third-order valence-electron chi connectivity index (χ3n) is 3.85. The number of carbonyl (C=O) groups is 2. The Morgan fingerprint density at radius 2 is 2.15 bits per heavy atom. The van der Waals surface area contributed by atoms with Gasteiger partial charge in [0, 0.05) is 6.54 Å². The molecular formula is C14H19NO4S. The summed E-state index contributed by atoms with van der Waals surface area (Å²) in [5, 5.41) is 25.4. The number of aliphatic hydroxyl groups excluding tert-OH is 1. The smallest absolute Gasteiger partial charge is 0.307 e. The molecular weight excluding hydrogens is 278 g/mol. The fourth-order valence-electron chi connectivity index (χ4n) is 2.77. The number of hydrogen-bond donors (Lipinski definition) is 3. The van der Waals surface area contributed by atoms with Crippen molar-refractivity contribution in [3.05, 3.63) is 22.4 Å². The minimum Gasteiger partial charge on any atom is -0.481 e. The largest absolute Gasteiger partial charge is 0.481 e. The van der Waals surface area contributed by atoms with E-state index in [9.17, 15) is 14.7 Å². The first kappa shape index (κ1) is 15.0. The van der Waals surface area contributed by atoms with Crippen LogP contribution in [0.3, 0.4) is 0 Å². The lowest BCUT2D eigenvalue weighted by Crippen LogP contribution is -2.37. The Labute approximate surface area is 121 Å². The Morgan fingerprint density at radius 3 is 2.75 bits per heavy atom. The van der Waals surface area contributed by atoms with Crippen LogP contribution in [0.4, 0.5) is 0 Å². The molecule has 1 saturated carbocycles. The van der Waals surface area contributed by atoms with E-state index < -0.39 is 23.9 Å². The van der Waals surface area contributed by atoms with Crippen molar-refractivity contribution in [1.82, 2.24) is 5.32 Å². The summed E-state index contributed by atoms with van der Waals surface area (Å²) >= 11 is 1.48. The van der Waals surface area contributed by atoms with Gasteiger partial charge in [0.1, 0.15) is 0 Å². The third kappa shape index (κ3) is 3.37. The predicted molar refractivity (Wildman–Crippen MR) is 75.3 cm³/mol. The third-order valence-corrected chi connectivity index (χ3v) is 4.55. The van der Waals surface area contributed by atoms with Gasteiger partial charge in [0.25, 0.3) is 0 Å². The lowest BCUT2D eigenvalue weighted by atomic mass is 9.95. The van der Waals surface area contributed by atoms with Gasteiger partial charge in [-0.3, -0.25) is 9.59 Å². The number of aliphatic carboxylic acids is 1. The SMILES string of the molecule is CC1CC(C(=O)O)C(C(=O)NCC(O)c2ccsc2)C1. The Morgan fingerprint density at radius 1 is 1.45 bits per heavy atom. The van der Waals surface area contributed by atoms with Crippen molar-refractivity contribution in [1.29, 1.82) is 0 Å². The number of hydrogen-bond acceptors (Lipinski definition) is 4. The second-order valence-electron chi connectivity index (χ2n) is 5.45. The van der Waals surface area contributed by atoms with Crippen LogP contribution in [0.15, 0.2) is 16.8 Å². The molecule has 1 aliphatic carbocycles. The molecule has 1 aliphatic rings. The van der Waals surface area contributed by atoms with Gasteiger partial charge in [-0.25, -0.2) is 0 Å². The molecule has 110 valence electrons. The lowest BCUT2D eigenvalue weighted by Gasteiger charge is -2.17. The van der Waals surface area contributed by atoms with Crippen molar-refractivity contribution in [2.75, 3.05) is 6.54 Å². The van der Waals surface area contributed by atoms with Gasteiger partial charge in [0.15, 0.2) is 0 Å². The summed E-state index contributed by atoms with van der Waals surface area (Å²) in [7, 11) is 0. The molecule has 6 heteroatoms. The molecule has 20 heavy (non-hydrogen) atoms. The Bertz CT molecular complexity index is 474. The van der Waals surface area contributed by atoms with Crippen molar-refractivity contribution in [3.8, 4) is 0 Å². The highest BCUT2D eigenvalue weighted by Crippen LogP contribution is 2.36. The fraction of sp³-hybridized carbons (Fsp3) is 0.571. The van der Waals surface area contributed by atoms with E-state index in [1.54, 1.807) is 6.07 Å². The van der Waals surface area contributed by atoms with Gasteiger partial charge in [-0.2, -0.15) is 11.3 Å². The molecule has 1 aromatic heterocycles. The van der Waals surface area contributed by atoms with Crippen molar-refractivity contribution in [2.24, 2.45) is 17.8 Å². The zero-order valence-electron chi connectivity index (χ0n) is 11.3. The molecule has 0 bridgehead atoms. The molecule has 4 atom stereocenters. The van der Waals surface area contributed by atoms with Gasteiger partial charge < -0.3 is 15.5 Å². The van der Waals surface area contributed by atoms with Gasteiger partial charge in [0.2, 0.25) is 5.91 Å². The van der Waals surface area contributed by atoms with Crippen LogP contribution in [0.5, 0.6) is 0 Å². The number of carboxylic acid groups (broad SMARTS) is 1. The summed E-state index contributed by atoms with van der Waals surface area (Å²) in [5.74, 6) is -2.03.